The highest BCUT2D eigenvalue weighted by Crippen LogP contribution is 2.25. The number of hydrogen-bond donors (Lipinski definition) is 1. The number of nitrogens with zero attached hydrogens (tertiary/aromatic N) is 3. The van der Waals surface area contributed by atoms with E-state index in [0.717, 1.165) is 25.0 Å². The Morgan fingerprint density at radius 2 is 2.15 bits per heavy atom. The van der Waals surface area contributed by atoms with Gasteiger partial charge in [-0.05, 0) is 55.9 Å². The lowest BCUT2D eigenvalue weighted by Gasteiger charge is -2.21. The highest BCUT2D eigenvalue weighted by Gasteiger charge is 2.12. The molecule has 0 aliphatic rings. The number of rotatable bonds is 5. The lowest BCUT2D eigenvalue weighted by atomic mass is 10.3. The molecule has 0 fully saturated rings. The van der Waals surface area contributed by atoms with Crippen LogP contribution in [0.1, 0.15) is 20.3 Å². The van der Waals surface area contributed by atoms with E-state index >= 15 is 0 Å². The summed E-state index contributed by atoms with van der Waals surface area (Å²) in [7, 11) is 2.09. The quantitative estimate of drug-likeness (QED) is 0.907. The van der Waals surface area contributed by atoms with Crippen molar-refractivity contribution in [2.45, 2.75) is 32.9 Å². The largest absolute Gasteiger partial charge is 0.369 e. The smallest absolute Gasteiger partial charge is 0.201 e. The first kappa shape index (κ1) is 15.3. The maximum Gasteiger partial charge on any atom is 0.201 e. The molecule has 4 nitrogen and oxygen atoms in total. The van der Waals surface area contributed by atoms with Crippen molar-refractivity contribution in [2.75, 3.05) is 19.3 Å². The van der Waals surface area contributed by atoms with Crippen molar-refractivity contribution in [1.82, 2.24) is 14.5 Å². The molecule has 0 amide bonds. The first-order valence-electron chi connectivity index (χ1n) is 6.71. The van der Waals surface area contributed by atoms with Gasteiger partial charge in [-0.15, -0.1) is 0 Å². The van der Waals surface area contributed by atoms with E-state index in [1.807, 2.05) is 4.57 Å². The molecule has 0 aliphatic carbocycles. The zero-order chi connectivity index (χ0) is 14.9. The maximum atomic E-state index is 13.7. The maximum absolute atomic E-state index is 13.7. The van der Waals surface area contributed by atoms with Gasteiger partial charge >= 0.3 is 0 Å². The molecule has 0 saturated carbocycles. The first-order valence-corrected chi connectivity index (χ1v) is 7.50. The Kier molecular flexibility index (Phi) is 4.65. The van der Waals surface area contributed by atoms with E-state index in [4.69, 9.17) is 5.73 Å². The average molecular weight is 343 g/mol. The fraction of sp³-hybridized carbons (Fsp3) is 0.500. The summed E-state index contributed by atoms with van der Waals surface area (Å²) in [6.07, 6.45) is 0.946. The number of halogens is 2. The summed E-state index contributed by atoms with van der Waals surface area (Å²) in [4.78, 5) is 6.55. The fourth-order valence-electron chi connectivity index (χ4n) is 2.11. The molecule has 1 aromatic carbocycles. The predicted molar refractivity (Wildman–Crippen MR) is 84.2 cm³/mol. The van der Waals surface area contributed by atoms with Crippen molar-refractivity contribution in [3.05, 3.63) is 22.4 Å². The van der Waals surface area contributed by atoms with Gasteiger partial charge < -0.3 is 15.2 Å². The molecule has 20 heavy (non-hydrogen) atoms. The van der Waals surface area contributed by atoms with Crippen molar-refractivity contribution >= 4 is 32.9 Å². The molecular formula is C14H20BrFN4. The van der Waals surface area contributed by atoms with Gasteiger partial charge in [-0.1, -0.05) is 0 Å². The minimum Gasteiger partial charge on any atom is -0.369 e. The van der Waals surface area contributed by atoms with E-state index in [1.165, 1.54) is 6.07 Å². The molecule has 2 N–H and O–H groups in total. The number of aryl methyl sites for hydroxylation is 1. The number of hydrogen-bond acceptors (Lipinski definition) is 3. The molecule has 0 saturated heterocycles. The predicted octanol–water partition coefficient (Wildman–Crippen LogP) is 3.25. The van der Waals surface area contributed by atoms with Gasteiger partial charge in [-0.3, -0.25) is 0 Å². The molecule has 110 valence electrons. The first-order chi connectivity index (χ1) is 9.40. The van der Waals surface area contributed by atoms with Crippen molar-refractivity contribution < 1.29 is 4.39 Å². The summed E-state index contributed by atoms with van der Waals surface area (Å²) in [5, 5.41) is 0. The number of fused-ring (bicyclic) bond motifs is 1. The van der Waals surface area contributed by atoms with Gasteiger partial charge in [-0.25, -0.2) is 9.37 Å². The van der Waals surface area contributed by atoms with Crippen LogP contribution in [0.4, 0.5) is 10.3 Å². The number of imidazole rings is 1. The average Bonchev–Trinajstić information content (AvgIpc) is 2.66. The molecule has 0 bridgehead atoms. The van der Waals surface area contributed by atoms with E-state index in [1.54, 1.807) is 6.07 Å². The van der Waals surface area contributed by atoms with E-state index < -0.39 is 0 Å². The van der Waals surface area contributed by atoms with Gasteiger partial charge in [-0.2, -0.15) is 0 Å². The fourth-order valence-corrected chi connectivity index (χ4v) is 2.44. The Bertz CT molecular complexity index is 609. The lowest BCUT2D eigenvalue weighted by Crippen LogP contribution is -2.28. The second-order valence-electron chi connectivity index (χ2n) is 5.30. The van der Waals surface area contributed by atoms with Crippen LogP contribution in [0.25, 0.3) is 11.0 Å². The van der Waals surface area contributed by atoms with Gasteiger partial charge in [0.1, 0.15) is 5.82 Å². The summed E-state index contributed by atoms with van der Waals surface area (Å²) in [5.41, 5.74) is 7.39. The summed E-state index contributed by atoms with van der Waals surface area (Å²) >= 11 is 3.17. The van der Waals surface area contributed by atoms with Crippen LogP contribution < -0.4 is 5.73 Å². The van der Waals surface area contributed by atoms with Crippen molar-refractivity contribution in [3.63, 3.8) is 0 Å². The SMILES string of the molecule is CC(C)N(C)CCCn1c(N)nc2cc(Br)c(F)cc21. The Labute approximate surface area is 126 Å². The highest BCUT2D eigenvalue weighted by atomic mass is 79.9. The summed E-state index contributed by atoms with van der Waals surface area (Å²) < 4.78 is 15.9. The third-order valence-electron chi connectivity index (χ3n) is 3.59. The molecule has 1 aromatic heterocycles. The number of anilines is 1. The molecule has 2 rings (SSSR count). The molecule has 0 atom stereocenters. The van der Waals surface area contributed by atoms with Gasteiger partial charge in [0.05, 0.1) is 15.5 Å². The van der Waals surface area contributed by atoms with Crippen LogP contribution in [-0.4, -0.2) is 34.1 Å². The van der Waals surface area contributed by atoms with Gasteiger partial charge in [0.15, 0.2) is 0 Å². The second kappa shape index (κ2) is 6.10. The van der Waals surface area contributed by atoms with Crippen LogP contribution in [0.5, 0.6) is 0 Å². The summed E-state index contributed by atoms with van der Waals surface area (Å²) in [6.45, 7) is 6.03. The van der Waals surface area contributed by atoms with E-state index in [0.29, 0.717) is 22.0 Å². The Balaban J connectivity index is 2.17. The zero-order valence-electron chi connectivity index (χ0n) is 12.0. The Hall–Kier alpha value is -1.14. The third-order valence-corrected chi connectivity index (χ3v) is 4.20. The van der Waals surface area contributed by atoms with Crippen LogP contribution >= 0.6 is 15.9 Å². The number of nitrogens with two attached hydrogens (primary N) is 1. The van der Waals surface area contributed by atoms with E-state index in [-0.39, 0.29) is 5.82 Å². The van der Waals surface area contributed by atoms with Gasteiger partial charge in [0.2, 0.25) is 5.95 Å². The van der Waals surface area contributed by atoms with Crippen molar-refractivity contribution in [3.8, 4) is 0 Å². The van der Waals surface area contributed by atoms with E-state index in [2.05, 4.69) is 46.7 Å². The van der Waals surface area contributed by atoms with Crippen LogP contribution in [0.3, 0.4) is 0 Å². The summed E-state index contributed by atoms with van der Waals surface area (Å²) in [5.74, 6) is 0.141. The van der Waals surface area contributed by atoms with Crippen LogP contribution in [0.2, 0.25) is 0 Å². The van der Waals surface area contributed by atoms with Gasteiger partial charge in [0.25, 0.3) is 0 Å². The second-order valence-corrected chi connectivity index (χ2v) is 6.16. The minimum atomic E-state index is -0.294. The molecule has 0 unspecified atom stereocenters. The Morgan fingerprint density at radius 1 is 1.45 bits per heavy atom. The number of nitrogen functional groups attached to an aromatic ring is 1. The number of benzene rings is 1. The normalized spacial score (nSPS) is 11.9. The van der Waals surface area contributed by atoms with Gasteiger partial charge in [0, 0.05) is 18.7 Å². The molecule has 2 aromatic rings. The lowest BCUT2D eigenvalue weighted by molar-refractivity contribution is 0.266. The van der Waals surface area contributed by atoms with Crippen molar-refractivity contribution in [2.24, 2.45) is 0 Å². The third kappa shape index (κ3) is 3.12. The molecule has 0 aliphatic heterocycles. The number of aromatic nitrogens is 2. The molecular weight excluding hydrogens is 323 g/mol. The minimum absolute atomic E-state index is 0.294. The highest BCUT2D eigenvalue weighted by molar-refractivity contribution is 9.10. The molecule has 0 spiro atoms. The van der Waals surface area contributed by atoms with Crippen LogP contribution in [-0.2, 0) is 6.54 Å². The standard InChI is InChI=1S/C14H20BrFN4/c1-9(2)19(3)5-4-6-20-13-8-11(16)10(15)7-12(13)18-14(20)17/h7-9H,4-6H2,1-3H3,(H2,17,18). The van der Waals surface area contributed by atoms with Crippen LogP contribution in [0, 0.1) is 5.82 Å². The monoisotopic (exact) mass is 342 g/mol. The summed E-state index contributed by atoms with van der Waals surface area (Å²) in [6, 6.07) is 3.66. The Morgan fingerprint density at radius 3 is 2.80 bits per heavy atom. The molecule has 0 radical (unpaired) electrons. The topological polar surface area (TPSA) is 47.1 Å². The zero-order valence-corrected chi connectivity index (χ0v) is 13.6. The van der Waals surface area contributed by atoms with E-state index in [9.17, 15) is 4.39 Å². The molecule has 6 heteroatoms. The van der Waals surface area contributed by atoms with Crippen LogP contribution in [0.15, 0.2) is 16.6 Å². The molecule has 1 heterocycles. The van der Waals surface area contributed by atoms with Crippen molar-refractivity contribution in [1.29, 1.82) is 0 Å².